The van der Waals surface area contributed by atoms with Gasteiger partial charge in [0.2, 0.25) is 5.91 Å². The van der Waals surface area contributed by atoms with Crippen LogP contribution in [-0.2, 0) is 17.6 Å². The van der Waals surface area contributed by atoms with Crippen LogP contribution in [0, 0.1) is 6.92 Å². The van der Waals surface area contributed by atoms with Crippen molar-refractivity contribution in [2.24, 2.45) is 0 Å². The molecule has 2 aromatic carbocycles. The molecule has 0 aliphatic carbocycles. The highest BCUT2D eigenvalue weighted by Crippen LogP contribution is 2.29. The van der Waals surface area contributed by atoms with Gasteiger partial charge < -0.3 is 15.2 Å². The molecule has 0 radical (unpaired) electrons. The number of halogens is 1. The predicted octanol–water partition coefficient (Wildman–Crippen LogP) is 3.31. The van der Waals surface area contributed by atoms with Gasteiger partial charge in [0.15, 0.2) is 0 Å². The topological polar surface area (TPSA) is 58.6 Å². The molecule has 25 heavy (non-hydrogen) atoms. The molecule has 1 amide bonds. The zero-order valence-corrected chi connectivity index (χ0v) is 15.3. The summed E-state index contributed by atoms with van der Waals surface area (Å²) in [6.07, 6.45) is 0.733. The first kappa shape index (κ1) is 19.3. The van der Waals surface area contributed by atoms with Crippen molar-refractivity contribution in [2.45, 2.75) is 32.7 Å². The molecule has 1 unspecified atom stereocenters. The number of aliphatic hydroxyl groups excluding tert-OH is 1. The van der Waals surface area contributed by atoms with Crippen molar-refractivity contribution in [3.63, 3.8) is 0 Å². The minimum Gasteiger partial charge on any atom is -0.492 e. The maximum absolute atomic E-state index is 12.4. The van der Waals surface area contributed by atoms with Crippen LogP contribution >= 0.6 is 11.6 Å². The van der Waals surface area contributed by atoms with Crippen molar-refractivity contribution in [1.82, 2.24) is 5.32 Å². The third-order valence-corrected chi connectivity index (χ3v) is 4.17. The molecule has 0 spiro atoms. The first-order valence-corrected chi connectivity index (χ1v) is 8.77. The van der Waals surface area contributed by atoms with Gasteiger partial charge >= 0.3 is 0 Å². The lowest BCUT2D eigenvalue weighted by atomic mass is 10.0. The number of carbonyl (C=O) groups is 1. The van der Waals surface area contributed by atoms with Gasteiger partial charge in [-0.15, -0.1) is 0 Å². The number of aryl methyl sites for hydroxylation is 1. The molecule has 0 heterocycles. The Morgan fingerprint density at radius 1 is 1.24 bits per heavy atom. The summed E-state index contributed by atoms with van der Waals surface area (Å²) < 4.78 is 5.55. The van der Waals surface area contributed by atoms with E-state index in [1.807, 2.05) is 44.2 Å². The lowest BCUT2D eigenvalue weighted by Gasteiger charge is -2.17. The van der Waals surface area contributed by atoms with Crippen LogP contribution in [0.15, 0.2) is 42.5 Å². The number of para-hydroxylation sites is 1. The highest BCUT2D eigenvalue weighted by Gasteiger charge is 2.16. The molecular formula is C20H24ClNO3. The van der Waals surface area contributed by atoms with E-state index in [2.05, 4.69) is 5.32 Å². The van der Waals surface area contributed by atoms with Crippen molar-refractivity contribution < 1.29 is 14.6 Å². The zero-order chi connectivity index (χ0) is 18.2. The van der Waals surface area contributed by atoms with Crippen molar-refractivity contribution in [2.75, 3.05) is 13.2 Å². The molecule has 5 heteroatoms. The SMILES string of the molecule is CCOc1c(Cl)cccc1CC(=O)NC(CO)Cc1ccc(C)cc1. The highest BCUT2D eigenvalue weighted by atomic mass is 35.5. The molecule has 2 rings (SSSR count). The van der Waals surface area contributed by atoms with Crippen LogP contribution in [-0.4, -0.2) is 30.3 Å². The maximum atomic E-state index is 12.4. The van der Waals surface area contributed by atoms with Crippen molar-refractivity contribution >= 4 is 17.5 Å². The summed E-state index contributed by atoms with van der Waals surface area (Å²) in [4.78, 5) is 12.4. The Morgan fingerprint density at radius 3 is 2.60 bits per heavy atom. The quantitative estimate of drug-likeness (QED) is 0.758. The molecule has 1 atom stereocenters. The van der Waals surface area contributed by atoms with E-state index in [4.69, 9.17) is 16.3 Å². The third kappa shape index (κ3) is 5.76. The van der Waals surface area contributed by atoms with E-state index < -0.39 is 0 Å². The number of carbonyl (C=O) groups excluding carboxylic acids is 1. The molecule has 0 aliphatic rings. The predicted molar refractivity (Wildman–Crippen MR) is 100 cm³/mol. The number of hydrogen-bond donors (Lipinski definition) is 2. The van der Waals surface area contributed by atoms with E-state index in [0.29, 0.717) is 23.8 Å². The molecule has 134 valence electrons. The van der Waals surface area contributed by atoms with Crippen LogP contribution in [0.25, 0.3) is 0 Å². The fourth-order valence-electron chi connectivity index (χ4n) is 2.62. The Balaban J connectivity index is 2.00. The number of rotatable bonds is 8. The van der Waals surface area contributed by atoms with Gasteiger partial charge in [0.25, 0.3) is 0 Å². The van der Waals surface area contributed by atoms with Crippen molar-refractivity contribution in [3.8, 4) is 5.75 Å². The fraction of sp³-hybridized carbons (Fsp3) is 0.350. The van der Waals surface area contributed by atoms with E-state index in [0.717, 1.165) is 11.1 Å². The van der Waals surface area contributed by atoms with Crippen LogP contribution in [0.2, 0.25) is 5.02 Å². The average molecular weight is 362 g/mol. The van der Waals surface area contributed by atoms with E-state index in [1.165, 1.54) is 5.56 Å². The summed E-state index contributed by atoms with van der Waals surface area (Å²) >= 11 is 6.15. The first-order valence-electron chi connectivity index (χ1n) is 8.39. The second-order valence-electron chi connectivity index (χ2n) is 5.97. The normalized spacial score (nSPS) is 11.8. The van der Waals surface area contributed by atoms with Crippen LogP contribution in [0.1, 0.15) is 23.6 Å². The molecule has 2 aromatic rings. The van der Waals surface area contributed by atoms with Gasteiger partial charge in [0.05, 0.1) is 30.7 Å². The minimum atomic E-state index is -0.329. The number of aliphatic hydroxyl groups is 1. The number of benzene rings is 2. The first-order chi connectivity index (χ1) is 12.0. The van der Waals surface area contributed by atoms with Gasteiger partial charge in [0.1, 0.15) is 5.75 Å². The van der Waals surface area contributed by atoms with Crippen molar-refractivity contribution in [1.29, 1.82) is 0 Å². The Hall–Kier alpha value is -2.04. The summed E-state index contributed by atoms with van der Waals surface area (Å²) in [5.41, 5.74) is 2.99. The Morgan fingerprint density at radius 2 is 1.96 bits per heavy atom. The third-order valence-electron chi connectivity index (χ3n) is 3.88. The monoisotopic (exact) mass is 361 g/mol. The standard InChI is InChI=1S/C20H24ClNO3/c1-3-25-20-16(5-4-6-18(20)21)12-19(24)22-17(13-23)11-15-9-7-14(2)8-10-15/h4-10,17,23H,3,11-13H2,1-2H3,(H,22,24). The highest BCUT2D eigenvalue weighted by molar-refractivity contribution is 6.32. The van der Waals surface area contributed by atoms with Gasteiger partial charge in [-0.05, 0) is 31.9 Å². The lowest BCUT2D eigenvalue weighted by molar-refractivity contribution is -0.121. The van der Waals surface area contributed by atoms with Gasteiger partial charge in [0, 0.05) is 5.56 Å². The Bertz CT molecular complexity index is 701. The number of amides is 1. The number of hydrogen-bond acceptors (Lipinski definition) is 3. The Labute approximate surface area is 153 Å². The molecule has 0 aromatic heterocycles. The van der Waals surface area contributed by atoms with E-state index in [1.54, 1.807) is 12.1 Å². The zero-order valence-electron chi connectivity index (χ0n) is 14.6. The molecular weight excluding hydrogens is 338 g/mol. The summed E-state index contributed by atoms with van der Waals surface area (Å²) in [6.45, 7) is 4.26. The smallest absolute Gasteiger partial charge is 0.224 e. The second kappa shape index (κ2) is 9.44. The number of nitrogens with one attached hydrogen (secondary N) is 1. The molecule has 0 saturated carbocycles. The summed E-state index contributed by atoms with van der Waals surface area (Å²) in [5.74, 6) is 0.371. The number of ether oxygens (including phenoxy) is 1. The maximum Gasteiger partial charge on any atom is 0.224 e. The average Bonchev–Trinajstić information content (AvgIpc) is 2.59. The largest absolute Gasteiger partial charge is 0.492 e. The molecule has 0 fully saturated rings. The fourth-order valence-corrected chi connectivity index (χ4v) is 2.87. The second-order valence-corrected chi connectivity index (χ2v) is 6.38. The molecule has 0 bridgehead atoms. The van der Waals surface area contributed by atoms with Gasteiger partial charge in [-0.2, -0.15) is 0 Å². The van der Waals surface area contributed by atoms with Crippen molar-refractivity contribution in [3.05, 3.63) is 64.2 Å². The Kier molecular flexibility index (Phi) is 7.29. The van der Waals surface area contributed by atoms with E-state index in [-0.39, 0.29) is 25.0 Å². The lowest BCUT2D eigenvalue weighted by Crippen LogP contribution is -2.40. The summed E-state index contributed by atoms with van der Waals surface area (Å²) in [5, 5.41) is 13.0. The molecule has 0 aliphatic heterocycles. The van der Waals surface area contributed by atoms with Crippen LogP contribution in [0.3, 0.4) is 0 Å². The van der Waals surface area contributed by atoms with E-state index >= 15 is 0 Å². The molecule has 4 nitrogen and oxygen atoms in total. The molecule has 0 saturated heterocycles. The van der Waals surface area contributed by atoms with Gasteiger partial charge in [-0.1, -0.05) is 53.6 Å². The molecule has 2 N–H and O–H groups in total. The van der Waals surface area contributed by atoms with Crippen LogP contribution < -0.4 is 10.1 Å². The summed E-state index contributed by atoms with van der Waals surface area (Å²) in [7, 11) is 0. The minimum absolute atomic E-state index is 0.118. The van der Waals surface area contributed by atoms with Crippen LogP contribution in [0.4, 0.5) is 0 Å². The summed E-state index contributed by atoms with van der Waals surface area (Å²) in [6, 6.07) is 13.1. The van der Waals surface area contributed by atoms with E-state index in [9.17, 15) is 9.90 Å². The van der Waals surface area contributed by atoms with Gasteiger partial charge in [-0.25, -0.2) is 0 Å². The van der Waals surface area contributed by atoms with Gasteiger partial charge in [-0.3, -0.25) is 4.79 Å². The van der Waals surface area contributed by atoms with Crippen LogP contribution in [0.5, 0.6) is 5.75 Å².